The van der Waals surface area contributed by atoms with E-state index in [9.17, 15) is 19.2 Å². The van der Waals surface area contributed by atoms with Crippen LogP contribution >= 0.6 is 0 Å². The molecule has 256 valence electrons. The smallest absolute Gasteiger partial charge is 0.145 e. The van der Waals surface area contributed by atoms with Crippen LogP contribution in [0.3, 0.4) is 0 Å². The van der Waals surface area contributed by atoms with Crippen LogP contribution in [0.4, 0.5) is 17.1 Å². The van der Waals surface area contributed by atoms with Gasteiger partial charge in [0.2, 0.25) is 0 Å². The maximum absolute atomic E-state index is 10.1. The molecule has 10 aromatic rings. The molecule has 1 aliphatic carbocycles. The number of hydrogen-bond acceptors (Lipinski definition) is 3. The fourth-order valence-electron chi connectivity index (χ4n) is 6.86. The Kier molecular flexibility index (Phi) is 2.90. The van der Waals surface area contributed by atoms with E-state index in [1.807, 2.05) is 0 Å². The summed E-state index contributed by atoms with van der Waals surface area (Å²) < 4.78 is 277. The zero-order valence-corrected chi connectivity index (χ0v) is 27.8. The van der Waals surface area contributed by atoms with Crippen LogP contribution in [0.1, 0.15) is 64.7 Å². The van der Waals surface area contributed by atoms with Gasteiger partial charge in [0, 0.05) is 38.4 Å². The second kappa shape index (κ2) is 11.6. The molecule has 0 bridgehead atoms. The zero-order chi connectivity index (χ0) is 61.2. The molecule has 0 fully saturated rings. The summed E-state index contributed by atoms with van der Waals surface area (Å²) in [4.78, 5) is 0.600. The Morgan fingerprint density at radius 1 is 0.463 bits per heavy atom. The van der Waals surface area contributed by atoms with Crippen LogP contribution in [0, 0.1) is 0 Å². The van der Waals surface area contributed by atoms with Gasteiger partial charge in [0.15, 0.2) is 0 Å². The Morgan fingerprint density at radius 3 is 1.96 bits per heavy atom. The Bertz CT molecular complexity index is 4710. The van der Waals surface area contributed by atoms with Gasteiger partial charge in [-0.05, 0) is 87.8 Å². The van der Waals surface area contributed by atoms with Crippen molar-refractivity contribution in [1.82, 2.24) is 0 Å². The third-order valence-electron chi connectivity index (χ3n) is 9.31. The van der Waals surface area contributed by atoms with Crippen molar-refractivity contribution in [2.75, 3.05) is 4.90 Å². The highest BCUT2D eigenvalue weighted by atomic mass is 16.3. The van der Waals surface area contributed by atoms with Gasteiger partial charge in [0.25, 0.3) is 0 Å². The van der Waals surface area contributed by atoms with E-state index in [2.05, 4.69) is 0 Å². The average molecular weight is 723 g/mol. The molecule has 0 radical (unpaired) electrons. The van der Waals surface area contributed by atoms with Gasteiger partial charge in [-0.15, -0.1) is 0 Å². The quantitative estimate of drug-likeness (QED) is 0.177. The fourth-order valence-corrected chi connectivity index (χ4v) is 6.86. The van der Waals surface area contributed by atoms with Gasteiger partial charge < -0.3 is 13.7 Å². The molecule has 0 aliphatic heterocycles. The lowest BCUT2D eigenvalue weighted by Crippen LogP contribution is -2.16. The van der Waals surface area contributed by atoms with Gasteiger partial charge in [-0.2, -0.15) is 0 Å². The first kappa shape index (κ1) is 13.5. The largest absolute Gasteiger partial charge is 0.456 e. The van der Waals surface area contributed by atoms with Crippen molar-refractivity contribution in [3.8, 4) is 33.4 Å². The maximum atomic E-state index is 10.1. The van der Waals surface area contributed by atoms with E-state index in [4.69, 9.17) is 29.4 Å². The summed E-state index contributed by atoms with van der Waals surface area (Å²) in [5.74, 6) is 0. The summed E-state index contributed by atoms with van der Waals surface area (Å²) in [5, 5.41) is -2.32. The van der Waals surface area contributed by atoms with E-state index >= 15 is 0 Å². The summed E-state index contributed by atoms with van der Waals surface area (Å²) in [5.41, 5.74) is -11.9. The molecule has 1 aliphatic rings. The molecule has 0 atom stereocenters. The highest BCUT2D eigenvalue weighted by Gasteiger charge is 2.38. The number of furan rings is 2. The Hall–Kier alpha value is -6.84. The van der Waals surface area contributed by atoms with Gasteiger partial charge >= 0.3 is 0 Å². The van der Waals surface area contributed by atoms with Crippen LogP contribution in [0.25, 0.3) is 77.3 Å². The first-order valence-electron chi connectivity index (χ1n) is 30.7. The number of benzene rings is 8. The molecular weight excluding hydrogens is 659 g/mol. The fraction of sp³-hybridized carbons (Fsp3) is 0.0588. The molecule has 2 aromatic heterocycles. The van der Waals surface area contributed by atoms with Crippen LogP contribution in [-0.4, -0.2) is 0 Å². The van der Waals surface area contributed by atoms with E-state index in [1.54, 1.807) is 0 Å². The Balaban J connectivity index is 1.40. The lowest BCUT2D eigenvalue weighted by atomic mass is 9.82. The van der Waals surface area contributed by atoms with Crippen molar-refractivity contribution in [3.05, 3.63) is 186 Å². The second-order valence-corrected chi connectivity index (χ2v) is 12.7. The number of rotatable bonds is 5. The highest BCUT2D eigenvalue weighted by Crippen LogP contribution is 2.55. The predicted octanol–water partition coefficient (Wildman–Crippen LogP) is 14.6. The molecule has 54 heavy (non-hydrogen) atoms. The maximum Gasteiger partial charge on any atom is 0.145 e. The number of fused-ring (bicyclic) bond motifs is 9. The van der Waals surface area contributed by atoms with Crippen LogP contribution < -0.4 is 4.90 Å². The van der Waals surface area contributed by atoms with Crippen molar-refractivity contribution < 1.29 is 48.6 Å². The molecule has 11 rings (SSSR count). The lowest BCUT2D eigenvalue weighted by molar-refractivity contribution is 0.660. The summed E-state index contributed by atoms with van der Waals surface area (Å²) >= 11 is 0. The van der Waals surface area contributed by atoms with E-state index in [-0.39, 0.29) is 11.1 Å². The number of nitrogens with zero attached hydrogens (tertiary/aromatic N) is 1. The molecule has 8 aromatic carbocycles. The van der Waals surface area contributed by atoms with Crippen molar-refractivity contribution in [2.45, 2.75) is 19.3 Å². The molecule has 0 saturated heterocycles. The summed E-state index contributed by atoms with van der Waals surface area (Å²) in [6, 6.07) is -26.9. The normalized spacial score (nSPS) is 20.7. The van der Waals surface area contributed by atoms with E-state index in [1.165, 1.54) is 13.8 Å². The lowest BCUT2D eigenvalue weighted by Gasteiger charge is -2.30. The molecule has 3 nitrogen and oxygen atoms in total. The third kappa shape index (κ3) is 4.48. The van der Waals surface area contributed by atoms with Crippen LogP contribution in [-0.2, 0) is 5.41 Å². The zero-order valence-electron chi connectivity index (χ0n) is 56.8. The molecule has 0 amide bonds. The predicted molar refractivity (Wildman–Crippen MR) is 224 cm³/mol. The monoisotopic (exact) mass is 722 g/mol. The first-order chi connectivity index (χ1) is 38.6. The minimum atomic E-state index is -1.71. The van der Waals surface area contributed by atoms with Crippen LogP contribution in [0.2, 0.25) is 0 Å². The topological polar surface area (TPSA) is 29.5 Å². The van der Waals surface area contributed by atoms with Gasteiger partial charge in [-0.1, -0.05) is 135 Å². The Labute approximate surface area is 354 Å². The number of anilines is 3. The summed E-state index contributed by atoms with van der Waals surface area (Å²) in [6.45, 7) is 2.87. The summed E-state index contributed by atoms with van der Waals surface area (Å²) in [6.07, 6.45) is 0. The van der Waals surface area contributed by atoms with Crippen molar-refractivity contribution >= 4 is 60.9 Å². The standard InChI is InChI=1S/C51H35NO2/c1-51(2)41-18-9-6-16-38(41)48-42(51)19-12-20-43(48)52(35-26-23-32(24-27-35)34-25-30-47-40(31-34)37-15-7-10-21-45(37)53-47)44-29-28-36(33-13-4-3-5-14-33)50-49(44)39-17-8-11-22-46(39)54-50/h3-31H,1-2H3/i3D,4D,5D,6D,7D,8D,9D,10D,11D,12D,13D,14D,15D,16D,17D,18D,19D,20D,21D,22D,23D,24D,25D,26D,27D,28D,29D,30D,31D. The molecule has 0 saturated carbocycles. The highest BCUT2D eigenvalue weighted by molar-refractivity contribution is 6.17. The third-order valence-corrected chi connectivity index (χ3v) is 9.31. The molecule has 0 N–H and O–H groups in total. The van der Waals surface area contributed by atoms with E-state index in [0.717, 1.165) is 0 Å². The van der Waals surface area contributed by atoms with E-state index in [0.29, 0.717) is 4.90 Å². The van der Waals surface area contributed by atoms with Crippen molar-refractivity contribution in [3.63, 3.8) is 0 Å². The first-order valence-corrected chi connectivity index (χ1v) is 16.2. The molecular formula is C51H35NO2. The average Bonchev–Trinajstić information content (AvgIpc) is 1.68. The van der Waals surface area contributed by atoms with Gasteiger partial charge in [0.05, 0.1) is 56.5 Å². The van der Waals surface area contributed by atoms with Gasteiger partial charge in [0.1, 0.15) is 22.3 Å². The molecule has 0 spiro atoms. The van der Waals surface area contributed by atoms with Crippen LogP contribution in [0.5, 0.6) is 0 Å². The minimum absolute atomic E-state index is 0.200. The van der Waals surface area contributed by atoms with Crippen molar-refractivity contribution in [1.29, 1.82) is 0 Å². The van der Waals surface area contributed by atoms with Gasteiger partial charge in [-0.3, -0.25) is 0 Å². The molecule has 2 heterocycles. The van der Waals surface area contributed by atoms with Crippen LogP contribution in [0.15, 0.2) is 184 Å². The molecule has 0 unspecified atom stereocenters. The molecule has 3 heteroatoms. The SMILES string of the molecule is [2H]c1c([2H])c([2H])c(-c2c([2H])c([2H])c(N(c3c([2H])c([2H])c(-c4c([2H])c([2H])c5oc6c([2H])c([2H])c([2H])c([2H])c6c5c4[2H])c([2H])c3[2H])c3c([2H])c([2H])c([2H])c4c3-c3c([2H])c([2H])c([2H])c([2H])c3C4(C)C)c3c2oc2c([2H])c([2H])c([2H])c([2H])c23)c([2H])c1[2H]. The summed E-state index contributed by atoms with van der Waals surface area (Å²) in [7, 11) is 0. The number of para-hydroxylation sites is 2. The van der Waals surface area contributed by atoms with Crippen molar-refractivity contribution in [2.24, 2.45) is 0 Å². The minimum Gasteiger partial charge on any atom is -0.456 e. The second-order valence-electron chi connectivity index (χ2n) is 12.7. The van der Waals surface area contributed by atoms with Gasteiger partial charge in [-0.25, -0.2) is 0 Å². The number of hydrogen-bond donors (Lipinski definition) is 0. The Morgan fingerprint density at radius 2 is 1.13 bits per heavy atom. The van der Waals surface area contributed by atoms with E-state index < -0.39 is 275 Å².